The van der Waals surface area contributed by atoms with Crippen LogP contribution < -0.4 is 0 Å². The van der Waals surface area contributed by atoms with E-state index in [1.54, 1.807) is 0 Å². The molecule has 0 saturated heterocycles. The third-order valence-corrected chi connectivity index (χ3v) is 0.351. The van der Waals surface area contributed by atoms with Crippen molar-refractivity contribution in [2.75, 3.05) is 0 Å². The van der Waals surface area contributed by atoms with Crippen LogP contribution in [0.3, 0.4) is 0 Å². The van der Waals surface area contributed by atoms with E-state index >= 15 is 0 Å². The fraction of sp³-hybridized carbons (Fsp3) is 0. The summed E-state index contributed by atoms with van der Waals surface area (Å²) < 4.78 is 0. The maximum Gasteiger partial charge on any atom is 0.259 e. The number of hydrogen-bond donors (Lipinski definition) is 0. The molecule has 0 atom stereocenters. The number of carbonyl (C=O) groups is 1. The van der Waals surface area contributed by atoms with E-state index in [1.165, 1.54) is 6.19 Å². The minimum absolute atomic E-state index is 0.102. The van der Waals surface area contributed by atoms with Crippen LogP contribution in [-0.4, -0.2) is 17.5 Å². The largest absolute Gasteiger partial charge is 0.276 e. The van der Waals surface area contributed by atoms with Gasteiger partial charge in [-0.05, 0) is 0 Å². The number of nitrogens with zero attached hydrogens (tertiary/aromatic N) is 3. The minimum atomic E-state index is 0.102. The van der Waals surface area contributed by atoms with Crippen molar-refractivity contribution in [3.8, 4) is 6.19 Å². The van der Waals surface area contributed by atoms with Gasteiger partial charge in [-0.25, -0.2) is 4.79 Å². The Morgan fingerprint density at radius 1 is 1.75 bits per heavy atom. The maximum atomic E-state index is 9.56. The van der Waals surface area contributed by atoms with Crippen LogP contribution in [0.4, 0.5) is 0 Å². The molecular weight excluding hydrogens is 110 g/mol. The molecule has 0 aromatic rings. The standard InChI is InChI=1S/C3HN3O2/c4-1-6(3-8)5-2-7/h3H. The number of amides is 1. The highest BCUT2D eigenvalue weighted by Crippen LogP contribution is 1.72. The summed E-state index contributed by atoms with van der Waals surface area (Å²) in [5.41, 5.74) is 0. The predicted octanol–water partition coefficient (Wildman–Crippen LogP) is -0.823. The molecule has 8 heavy (non-hydrogen) atoms. The molecule has 0 rings (SSSR count). The van der Waals surface area contributed by atoms with E-state index in [-0.39, 0.29) is 11.4 Å². The van der Waals surface area contributed by atoms with E-state index in [4.69, 9.17) is 5.26 Å². The summed E-state index contributed by atoms with van der Waals surface area (Å²) in [5.74, 6) is 0. The molecule has 0 bridgehead atoms. The molecule has 0 spiro atoms. The molecule has 5 heteroatoms. The van der Waals surface area contributed by atoms with Crippen LogP contribution in [0.25, 0.3) is 0 Å². The Bertz CT molecular complexity index is 164. The summed E-state index contributed by atoms with van der Waals surface area (Å²) in [5, 5.41) is 10.7. The first-order chi connectivity index (χ1) is 3.85. The molecule has 0 N–H and O–H groups in total. The third-order valence-electron chi connectivity index (χ3n) is 0.351. The highest BCUT2D eigenvalue weighted by molar-refractivity contribution is 5.51. The van der Waals surface area contributed by atoms with E-state index < -0.39 is 0 Å². The van der Waals surface area contributed by atoms with Gasteiger partial charge in [0, 0.05) is 0 Å². The summed E-state index contributed by atoms with van der Waals surface area (Å²) in [4.78, 5) is 18.8. The Labute approximate surface area is 44.8 Å². The number of isocyanates is 1. The monoisotopic (exact) mass is 111 g/mol. The SMILES string of the molecule is N#CN(C=O)N=C=O. The van der Waals surface area contributed by atoms with Crippen LogP contribution in [0.2, 0.25) is 0 Å². The fourth-order valence-corrected chi connectivity index (χ4v) is 0.113. The molecule has 0 heterocycles. The van der Waals surface area contributed by atoms with E-state index in [2.05, 4.69) is 5.10 Å². The van der Waals surface area contributed by atoms with Crippen LogP contribution in [0, 0.1) is 11.5 Å². The van der Waals surface area contributed by atoms with Gasteiger partial charge >= 0.3 is 0 Å². The Hall–Kier alpha value is -1.66. The molecule has 0 aliphatic rings. The average molecular weight is 111 g/mol. The van der Waals surface area contributed by atoms with Crippen molar-refractivity contribution >= 4 is 12.5 Å². The molecule has 0 unspecified atom stereocenters. The van der Waals surface area contributed by atoms with Crippen LogP contribution in [0.15, 0.2) is 5.10 Å². The molecule has 0 aliphatic heterocycles. The van der Waals surface area contributed by atoms with Crippen molar-refractivity contribution < 1.29 is 9.59 Å². The average Bonchev–Trinajstić information content (AvgIpc) is 1.83. The van der Waals surface area contributed by atoms with Gasteiger partial charge in [0.2, 0.25) is 12.6 Å². The van der Waals surface area contributed by atoms with Gasteiger partial charge < -0.3 is 0 Å². The number of hydrogen-bond acceptors (Lipinski definition) is 4. The lowest BCUT2D eigenvalue weighted by Crippen LogP contribution is -2.04. The maximum absolute atomic E-state index is 9.56. The van der Waals surface area contributed by atoms with Crippen LogP contribution in [0.5, 0.6) is 0 Å². The zero-order chi connectivity index (χ0) is 6.41. The zero-order valence-electron chi connectivity index (χ0n) is 3.74. The molecule has 0 aliphatic carbocycles. The summed E-state index contributed by atoms with van der Waals surface area (Å²) in [6.45, 7) is 0. The van der Waals surface area contributed by atoms with Gasteiger partial charge in [-0.15, -0.1) is 5.01 Å². The Morgan fingerprint density at radius 2 is 2.38 bits per heavy atom. The Balaban J connectivity index is 3.94. The summed E-state index contributed by atoms with van der Waals surface area (Å²) in [6, 6.07) is 0. The van der Waals surface area contributed by atoms with E-state index in [0.717, 1.165) is 6.08 Å². The minimum Gasteiger partial charge on any atom is -0.276 e. The first kappa shape index (κ1) is 6.34. The second-order valence-electron chi connectivity index (χ2n) is 0.741. The predicted molar refractivity (Wildman–Crippen MR) is 21.6 cm³/mol. The quantitative estimate of drug-likeness (QED) is 0.117. The second kappa shape index (κ2) is 3.53. The third kappa shape index (κ3) is 1.70. The van der Waals surface area contributed by atoms with E-state index in [1.807, 2.05) is 0 Å². The van der Waals surface area contributed by atoms with Crippen LogP contribution in [-0.2, 0) is 9.59 Å². The molecule has 0 saturated carbocycles. The first-order valence-electron chi connectivity index (χ1n) is 1.57. The number of rotatable bonds is 2. The molecule has 1 amide bonds. The Morgan fingerprint density at radius 3 is 2.50 bits per heavy atom. The van der Waals surface area contributed by atoms with Gasteiger partial charge in [0.15, 0.2) is 0 Å². The van der Waals surface area contributed by atoms with Crippen molar-refractivity contribution in [3.05, 3.63) is 0 Å². The zero-order valence-corrected chi connectivity index (χ0v) is 3.74. The van der Waals surface area contributed by atoms with Crippen molar-refractivity contribution in [3.63, 3.8) is 0 Å². The van der Waals surface area contributed by atoms with Gasteiger partial charge in [0.1, 0.15) is 0 Å². The van der Waals surface area contributed by atoms with Gasteiger partial charge in [-0.2, -0.15) is 5.26 Å². The fourth-order valence-electron chi connectivity index (χ4n) is 0.113. The molecule has 0 radical (unpaired) electrons. The molecular formula is C3HN3O2. The van der Waals surface area contributed by atoms with Crippen LogP contribution >= 0.6 is 0 Å². The highest BCUT2D eigenvalue weighted by Gasteiger charge is 1.88. The van der Waals surface area contributed by atoms with Gasteiger partial charge in [0.25, 0.3) is 6.08 Å². The number of carbonyl (C=O) groups excluding carboxylic acids is 2. The lowest BCUT2D eigenvalue weighted by molar-refractivity contribution is -0.115. The van der Waals surface area contributed by atoms with E-state index in [0.29, 0.717) is 0 Å². The number of nitriles is 1. The summed E-state index contributed by atoms with van der Waals surface area (Å²) >= 11 is 0. The lowest BCUT2D eigenvalue weighted by Gasteiger charge is -1.87. The molecule has 0 fully saturated rings. The first-order valence-corrected chi connectivity index (χ1v) is 1.57. The van der Waals surface area contributed by atoms with Gasteiger partial charge in [-0.3, -0.25) is 4.79 Å². The van der Waals surface area contributed by atoms with Crippen molar-refractivity contribution in [2.45, 2.75) is 0 Å². The molecule has 5 nitrogen and oxygen atoms in total. The second-order valence-corrected chi connectivity index (χ2v) is 0.741. The van der Waals surface area contributed by atoms with Crippen molar-refractivity contribution in [1.82, 2.24) is 5.01 Å². The summed E-state index contributed by atoms with van der Waals surface area (Å²) in [6.07, 6.45) is 2.41. The smallest absolute Gasteiger partial charge is 0.259 e. The van der Waals surface area contributed by atoms with Crippen LogP contribution in [0.1, 0.15) is 0 Å². The van der Waals surface area contributed by atoms with Crippen molar-refractivity contribution in [2.24, 2.45) is 5.10 Å². The molecule has 0 aromatic carbocycles. The molecule has 40 valence electrons. The Kier molecular flexibility index (Phi) is 2.80. The topological polar surface area (TPSA) is 73.5 Å². The lowest BCUT2D eigenvalue weighted by atomic mass is 11.1. The highest BCUT2D eigenvalue weighted by atomic mass is 16.2. The van der Waals surface area contributed by atoms with E-state index in [9.17, 15) is 9.59 Å². The normalized spacial score (nSPS) is 5.88. The number of hydrazone groups is 1. The van der Waals surface area contributed by atoms with Gasteiger partial charge in [-0.1, -0.05) is 5.10 Å². The summed E-state index contributed by atoms with van der Waals surface area (Å²) in [7, 11) is 0. The van der Waals surface area contributed by atoms with Gasteiger partial charge in [0.05, 0.1) is 0 Å². The molecule has 0 aromatic heterocycles. The van der Waals surface area contributed by atoms with Crippen molar-refractivity contribution in [1.29, 1.82) is 5.26 Å².